The molecule has 1 amide bonds. The zero-order chi connectivity index (χ0) is 23.5. The third-order valence-electron chi connectivity index (χ3n) is 6.01. The first-order valence-electron chi connectivity index (χ1n) is 11.4. The summed E-state index contributed by atoms with van der Waals surface area (Å²) in [6.45, 7) is 0.524. The van der Waals surface area contributed by atoms with E-state index in [1.165, 1.54) is 35.2 Å². The largest absolute Gasteiger partial charge is 0.383 e. The van der Waals surface area contributed by atoms with Gasteiger partial charge in [0.25, 0.3) is 5.91 Å². The summed E-state index contributed by atoms with van der Waals surface area (Å²) in [6, 6.07) is 13.3. The molecule has 34 heavy (non-hydrogen) atoms. The van der Waals surface area contributed by atoms with E-state index in [1.54, 1.807) is 18.3 Å². The number of allylic oxidation sites excluding steroid dienone is 1. The minimum Gasteiger partial charge on any atom is -0.383 e. The number of hydrogen-bond donors (Lipinski definition) is 2. The van der Waals surface area contributed by atoms with Crippen LogP contribution < -0.4 is 11.1 Å². The van der Waals surface area contributed by atoms with E-state index < -0.39 is 0 Å². The molecule has 1 aliphatic carbocycles. The van der Waals surface area contributed by atoms with Crippen LogP contribution in [0.3, 0.4) is 0 Å². The van der Waals surface area contributed by atoms with Crippen LogP contribution in [0.15, 0.2) is 65.3 Å². The van der Waals surface area contributed by atoms with Crippen LogP contribution in [0, 0.1) is 5.82 Å². The number of anilines is 1. The first kappa shape index (κ1) is 21.8. The monoisotopic (exact) mass is 456 g/mol. The van der Waals surface area contributed by atoms with E-state index in [0.717, 1.165) is 19.3 Å². The van der Waals surface area contributed by atoms with Gasteiger partial charge in [-0.2, -0.15) is 9.78 Å². The maximum atomic E-state index is 13.2. The summed E-state index contributed by atoms with van der Waals surface area (Å²) in [5.41, 5.74) is 10.8. The molecule has 2 aromatic carbocycles. The van der Waals surface area contributed by atoms with E-state index in [1.807, 2.05) is 24.3 Å². The molecule has 0 aliphatic heterocycles. The van der Waals surface area contributed by atoms with Crippen LogP contribution in [-0.4, -0.2) is 33.3 Å². The number of benzene rings is 2. The lowest BCUT2D eigenvalue weighted by Gasteiger charge is -2.12. The normalized spacial score (nSPS) is 14.1. The lowest BCUT2D eigenvalue weighted by atomic mass is 9.97. The summed E-state index contributed by atoms with van der Waals surface area (Å²) >= 11 is 0. The Labute approximate surface area is 196 Å². The predicted octanol–water partition coefficient (Wildman–Crippen LogP) is 4.81. The third-order valence-corrected chi connectivity index (χ3v) is 6.01. The van der Waals surface area contributed by atoms with Gasteiger partial charge in [0.05, 0.1) is 17.2 Å². The molecule has 2 aromatic heterocycles. The van der Waals surface area contributed by atoms with Gasteiger partial charge in [-0.15, -0.1) is 0 Å². The van der Waals surface area contributed by atoms with Crippen molar-refractivity contribution in [3.05, 3.63) is 77.1 Å². The predicted molar refractivity (Wildman–Crippen MR) is 132 cm³/mol. The van der Waals surface area contributed by atoms with Gasteiger partial charge in [0.2, 0.25) is 0 Å². The molecule has 0 saturated heterocycles. The minimum atomic E-state index is -0.330. The van der Waals surface area contributed by atoms with Gasteiger partial charge >= 0.3 is 0 Å². The van der Waals surface area contributed by atoms with Crippen molar-refractivity contribution in [1.82, 2.24) is 20.0 Å². The van der Waals surface area contributed by atoms with Crippen LogP contribution in [0.5, 0.6) is 0 Å². The molecule has 7 nitrogen and oxygen atoms in total. The molecule has 0 saturated carbocycles. The molecule has 0 bridgehead atoms. The van der Waals surface area contributed by atoms with Crippen molar-refractivity contribution >= 4 is 40.1 Å². The van der Waals surface area contributed by atoms with Crippen molar-refractivity contribution in [2.75, 3.05) is 12.3 Å². The first-order chi connectivity index (χ1) is 16.6. The molecule has 2 heterocycles. The van der Waals surface area contributed by atoms with Crippen molar-refractivity contribution in [1.29, 1.82) is 0 Å². The molecular weight excluding hydrogens is 431 g/mol. The topological polar surface area (TPSA) is 98.2 Å². The van der Waals surface area contributed by atoms with Crippen molar-refractivity contribution in [3.63, 3.8) is 0 Å². The molecule has 0 radical (unpaired) electrons. The maximum Gasteiger partial charge on any atom is 0.257 e. The number of nitrogens with zero attached hydrogens (tertiary/aromatic N) is 4. The van der Waals surface area contributed by atoms with Crippen molar-refractivity contribution < 1.29 is 9.18 Å². The van der Waals surface area contributed by atoms with E-state index in [9.17, 15) is 9.18 Å². The van der Waals surface area contributed by atoms with Crippen LogP contribution in [0.1, 0.15) is 48.0 Å². The van der Waals surface area contributed by atoms with Crippen molar-refractivity contribution in [3.8, 4) is 0 Å². The number of halogens is 1. The highest BCUT2D eigenvalue weighted by molar-refractivity contribution is 6.10. The van der Waals surface area contributed by atoms with Gasteiger partial charge < -0.3 is 11.1 Å². The summed E-state index contributed by atoms with van der Waals surface area (Å²) in [5, 5.41) is 7.44. The summed E-state index contributed by atoms with van der Waals surface area (Å²) in [6.07, 6.45) is 9.28. The lowest BCUT2D eigenvalue weighted by molar-refractivity contribution is 0.0956. The number of fused-ring (bicyclic) bond motifs is 2. The Hall–Kier alpha value is -4.07. The van der Waals surface area contributed by atoms with Crippen LogP contribution in [0.4, 0.5) is 10.2 Å². The molecule has 4 aromatic rings. The fourth-order valence-electron chi connectivity index (χ4n) is 4.22. The maximum absolute atomic E-state index is 13.2. The highest BCUT2D eigenvalue weighted by Gasteiger charge is 2.24. The first-order valence-corrected chi connectivity index (χ1v) is 11.4. The lowest BCUT2D eigenvalue weighted by Crippen LogP contribution is -2.25. The number of carbonyl (C=O) groups is 1. The average molecular weight is 457 g/mol. The number of aromatic nitrogens is 3. The third kappa shape index (κ3) is 4.39. The van der Waals surface area contributed by atoms with E-state index in [2.05, 4.69) is 26.5 Å². The van der Waals surface area contributed by atoms with Gasteiger partial charge in [0.1, 0.15) is 22.7 Å². The van der Waals surface area contributed by atoms with Gasteiger partial charge in [-0.25, -0.2) is 14.4 Å². The van der Waals surface area contributed by atoms with Gasteiger partial charge in [-0.1, -0.05) is 35.9 Å². The quantitative estimate of drug-likeness (QED) is 0.321. The van der Waals surface area contributed by atoms with Gasteiger partial charge in [-0.3, -0.25) is 4.79 Å². The van der Waals surface area contributed by atoms with Crippen LogP contribution in [-0.2, 0) is 0 Å². The number of nitrogens with one attached hydrogen (secondary N) is 1. The zero-order valence-electron chi connectivity index (χ0n) is 18.7. The number of nitrogens with two attached hydrogens (primary N) is 1. The second kappa shape index (κ2) is 9.43. The molecule has 1 aliphatic rings. The fourth-order valence-corrected chi connectivity index (χ4v) is 4.22. The van der Waals surface area contributed by atoms with E-state index in [4.69, 9.17) is 5.73 Å². The zero-order valence-corrected chi connectivity index (χ0v) is 18.7. The molecule has 5 rings (SSSR count). The standard InChI is InChI=1S/C26H25FN6O/c27-19-12-10-18(11-13-19)16-30-33-24(28)22(26(34)29-15-14-17-6-2-1-3-7-17)23-25(33)32-21-9-5-4-8-20(21)31-23/h4-6,8-13,16H,1-3,7,14-15,28H2,(H,29,34)/b30-16-. The van der Waals surface area contributed by atoms with E-state index >= 15 is 0 Å². The fraction of sp³-hybridized carbons (Fsp3) is 0.231. The number of carbonyl (C=O) groups excluding carboxylic acids is 1. The van der Waals surface area contributed by atoms with Gasteiger partial charge in [0, 0.05) is 6.54 Å². The highest BCUT2D eigenvalue weighted by Crippen LogP contribution is 2.28. The number of amides is 1. The Morgan fingerprint density at radius 1 is 1.12 bits per heavy atom. The molecule has 3 N–H and O–H groups in total. The Kier molecular flexibility index (Phi) is 6.03. The molecule has 0 spiro atoms. The van der Waals surface area contributed by atoms with E-state index in [0.29, 0.717) is 34.3 Å². The Morgan fingerprint density at radius 3 is 2.62 bits per heavy atom. The summed E-state index contributed by atoms with van der Waals surface area (Å²) in [4.78, 5) is 22.6. The molecule has 172 valence electrons. The summed E-state index contributed by atoms with van der Waals surface area (Å²) < 4.78 is 14.7. The number of para-hydroxylation sites is 2. The summed E-state index contributed by atoms with van der Waals surface area (Å²) in [5.74, 6) is -0.486. The van der Waals surface area contributed by atoms with Gasteiger partial charge in [0.15, 0.2) is 5.65 Å². The minimum absolute atomic E-state index is 0.151. The number of rotatable bonds is 6. The molecular formula is C26H25FN6O. The van der Waals surface area contributed by atoms with Crippen LogP contribution in [0.2, 0.25) is 0 Å². The van der Waals surface area contributed by atoms with Crippen LogP contribution >= 0.6 is 0 Å². The second-order valence-electron chi connectivity index (χ2n) is 8.37. The highest BCUT2D eigenvalue weighted by atomic mass is 19.1. The molecule has 0 atom stereocenters. The Morgan fingerprint density at radius 2 is 1.88 bits per heavy atom. The summed E-state index contributed by atoms with van der Waals surface area (Å²) in [7, 11) is 0. The van der Waals surface area contributed by atoms with E-state index in [-0.39, 0.29) is 23.1 Å². The number of hydrogen-bond acceptors (Lipinski definition) is 5. The average Bonchev–Trinajstić information content (AvgIpc) is 3.13. The van der Waals surface area contributed by atoms with Crippen molar-refractivity contribution in [2.24, 2.45) is 5.10 Å². The molecule has 8 heteroatoms. The molecule has 0 fully saturated rings. The van der Waals surface area contributed by atoms with Crippen LogP contribution in [0.25, 0.3) is 22.2 Å². The molecule has 0 unspecified atom stereocenters. The Bertz CT molecular complexity index is 1420. The van der Waals surface area contributed by atoms with Gasteiger partial charge in [-0.05, 0) is 61.9 Å². The second-order valence-corrected chi connectivity index (χ2v) is 8.37. The smallest absolute Gasteiger partial charge is 0.257 e. The SMILES string of the molecule is Nc1c(C(=O)NCCC2=CCCCC2)c2nc3ccccc3nc2n1/N=C\c1ccc(F)cc1. The van der Waals surface area contributed by atoms with Crippen molar-refractivity contribution in [2.45, 2.75) is 32.1 Å². The number of nitrogen functional groups attached to an aromatic ring is 1. The Balaban J connectivity index is 1.51.